The van der Waals surface area contributed by atoms with Crippen molar-refractivity contribution in [2.45, 2.75) is 6.92 Å². The molecule has 150 valence electrons. The molecule has 0 radical (unpaired) electrons. The van der Waals surface area contributed by atoms with Crippen molar-refractivity contribution in [2.75, 3.05) is 36.1 Å². The molecule has 1 aromatic carbocycles. The van der Waals surface area contributed by atoms with Crippen molar-refractivity contribution in [2.24, 2.45) is 0 Å². The summed E-state index contributed by atoms with van der Waals surface area (Å²) in [5.74, 6) is 2.67. The molecule has 0 atom stereocenters. The Morgan fingerprint density at radius 2 is 1.83 bits per heavy atom. The van der Waals surface area contributed by atoms with E-state index in [1.807, 2.05) is 31.2 Å². The van der Waals surface area contributed by atoms with Gasteiger partial charge in [-0.25, -0.2) is 19.7 Å². The molecule has 2 heterocycles. The van der Waals surface area contributed by atoms with Gasteiger partial charge in [-0.2, -0.15) is 0 Å². The topological polar surface area (TPSA) is 113 Å². The Labute approximate surface area is 169 Å². The Morgan fingerprint density at radius 1 is 1.00 bits per heavy atom. The van der Waals surface area contributed by atoms with Crippen molar-refractivity contribution in [3.8, 4) is 5.75 Å². The van der Waals surface area contributed by atoms with Gasteiger partial charge in [-0.3, -0.25) is 0 Å². The number of carbonyl (C=O) groups is 1. The minimum atomic E-state index is -0.296. The van der Waals surface area contributed by atoms with Crippen LogP contribution in [0.3, 0.4) is 0 Å². The summed E-state index contributed by atoms with van der Waals surface area (Å²) in [6, 6.07) is 12.5. The monoisotopic (exact) mass is 393 g/mol. The standard InChI is InChI=1S/C20H23N7O2/c1-14-6-7-21-18(10-14)27-19-12-17(24-13-25-19)22-8-9-23-20(28)26-15-4-3-5-16(11-15)29-2/h3-7,10-13H,8-9H2,1-2H3,(H2,23,26,28)(H2,21,22,24,25,27). The van der Waals surface area contributed by atoms with Crippen LogP contribution in [0.15, 0.2) is 55.0 Å². The third kappa shape index (κ3) is 6.35. The smallest absolute Gasteiger partial charge is 0.319 e. The van der Waals surface area contributed by atoms with Crippen LogP contribution in [0.2, 0.25) is 0 Å². The minimum Gasteiger partial charge on any atom is -0.497 e. The van der Waals surface area contributed by atoms with Gasteiger partial charge in [-0.1, -0.05) is 6.07 Å². The van der Waals surface area contributed by atoms with Gasteiger partial charge in [-0.15, -0.1) is 0 Å². The molecule has 9 nitrogen and oxygen atoms in total. The largest absolute Gasteiger partial charge is 0.497 e. The molecule has 0 bridgehead atoms. The predicted molar refractivity (Wildman–Crippen MR) is 113 cm³/mol. The molecule has 2 aromatic heterocycles. The second-order valence-corrected chi connectivity index (χ2v) is 6.17. The molecular weight excluding hydrogens is 370 g/mol. The first kappa shape index (κ1) is 19.9. The van der Waals surface area contributed by atoms with E-state index >= 15 is 0 Å². The molecule has 0 aliphatic rings. The maximum atomic E-state index is 12.0. The first-order valence-corrected chi connectivity index (χ1v) is 9.07. The molecule has 9 heteroatoms. The van der Waals surface area contributed by atoms with Crippen LogP contribution in [0.25, 0.3) is 0 Å². The van der Waals surface area contributed by atoms with E-state index in [0.717, 1.165) is 5.56 Å². The lowest BCUT2D eigenvalue weighted by Gasteiger charge is -2.10. The molecule has 0 fully saturated rings. The zero-order valence-electron chi connectivity index (χ0n) is 16.3. The normalized spacial score (nSPS) is 10.1. The molecule has 3 aromatic rings. The lowest BCUT2D eigenvalue weighted by atomic mass is 10.3. The highest BCUT2D eigenvalue weighted by Gasteiger charge is 2.03. The summed E-state index contributed by atoms with van der Waals surface area (Å²) in [5, 5.41) is 11.8. The quantitative estimate of drug-likeness (QED) is 0.435. The van der Waals surface area contributed by atoms with Crippen molar-refractivity contribution in [1.29, 1.82) is 0 Å². The molecule has 3 rings (SSSR count). The fourth-order valence-electron chi connectivity index (χ4n) is 2.50. The number of anilines is 4. The van der Waals surface area contributed by atoms with Crippen LogP contribution in [-0.2, 0) is 0 Å². The van der Waals surface area contributed by atoms with Gasteiger partial charge in [0.2, 0.25) is 0 Å². The van der Waals surface area contributed by atoms with E-state index in [4.69, 9.17) is 4.74 Å². The van der Waals surface area contributed by atoms with Crippen LogP contribution in [0.5, 0.6) is 5.75 Å². The summed E-state index contributed by atoms with van der Waals surface area (Å²) >= 11 is 0. The number of aromatic nitrogens is 3. The summed E-state index contributed by atoms with van der Waals surface area (Å²) < 4.78 is 5.13. The van der Waals surface area contributed by atoms with Gasteiger partial charge in [0.15, 0.2) is 0 Å². The average molecular weight is 393 g/mol. The molecular formula is C20H23N7O2. The Morgan fingerprint density at radius 3 is 2.66 bits per heavy atom. The minimum absolute atomic E-state index is 0.296. The summed E-state index contributed by atoms with van der Waals surface area (Å²) in [6.45, 7) is 2.92. The average Bonchev–Trinajstić information content (AvgIpc) is 2.72. The van der Waals surface area contributed by atoms with E-state index in [1.165, 1.54) is 6.33 Å². The maximum Gasteiger partial charge on any atom is 0.319 e. The first-order chi connectivity index (χ1) is 14.1. The lowest BCUT2D eigenvalue weighted by Crippen LogP contribution is -2.32. The molecule has 0 aliphatic heterocycles. The number of rotatable bonds is 8. The zero-order chi connectivity index (χ0) is 20.5. The number of pyridine rings is 1. The highest BCUT2D eigenvalue weighted by molar-refractivity contribution is 5.89. The van der Waals surface area contributed by atoms with Crippen LogP contribution >= 0.6 is 0 Å². The predicted octanol–water partition coefficient (Wildman–Crippen LogP) is 3.17. The van der Waals surface area contributed by atoms with E-state index in [9.17, 15) is 4.79 Å². The van der Waals surface area contributed by atoms with Crippen LogP contribution in [0, 0.1) is 6.92 Å². The third-order valence-electron chi connectivity index (χ3n) is 3.88. The number of amides is 2. The molecule has 0 spiro atoms. The fourth-order valence-corrected chi connectivity index (χ4v) is 2.50. The van der Waals surface area contributed by atoms with E-state index in [-0.39, 0.29) is 6.03 Å². The van der Waals surface area contributed by atoms with Gasteiger partial charge in [0.05, 0.1) is 7.11 Å². The molecule has 0 unspecified atom stereocenters. The molecule has 0 saturated carbocycles. The number of nitrogens with one attached hydrogen (secondary N) is 4. The van der Waals surface area contributed by atoms with Gasteiger partial charge in [0, 0.05) is 37.1 Å². The maximum absolute atomic E-state index is 12.0. The number of ether oxygens (including phenoxy) is 1. The number of hydrogen-bond donors (Lipinski definition) is 4. The van der Waals surface area contributed by atoms with Crippen LogP contribution in [-0.4, -0.2) is 41.2 Å². The SMILES string of the molecule is COc1cccc(NC(=O)NCCNc2cc(Nc3cc(C)ccn3)ncn2)c1. The van der Waals surface area contributed by atoms with Gasteiger partial charge in [0.1, 0.15) is 29.5 Å². The van der Waals surface area contributed by atoms with E-state index < -0.39 is 0 Å². The van der Waals surface area contributed by atoms with Gasteiger partial charge < -0.3 is 26.0 Å². The highest BCUT2D eigenvalue weighted by atomic mass is 16.5. The van der Waals surface area contributed by atoms with Crippen LogP contribution in [0.4, 0.5) is 27.9 Å². The number of carbonyl (C=O) groups excluding carboxylic acids is 1. The van der Waals surface area contributed by atoms with E-state index in [2.05, 4.69) is 36.2 Å². The molecule has 0 saturated heterocycles. The van der Waals surface area contributed by atoms with Crippen LogP contribution in [0.1, 0.15) is 5.56 Å². The molecule has 4 N–H and O–H groups in total. The number of hydrogen-bond acceptors (Lipinski definition) is 7. The summed E-state index contributed by atoms with van der Waals surface area (Å²) in [7, 11) is 1.58. The highest BCUT2D eigenvalue weighted by Crippen LogP contribution is 2.16. The summed E-state index contributed by atoms with van der Waals surface area (Å²) in [6.07, 6.45) is 3.20. The van der Waals surface area contributed by atoms with Gasteiger partial charge >= 0.3 is 6.03 Å². The number of nitrogens with zero attached hydrogens (tertiary/aromatic N) is 3. The molecule has 29 heavy (non-hydrogen) atoms. The van der Waals surface area contributed by atoms with Gasteiger partial charge in [-0.05, 0) is 36.8 Å². The summed E-state index contributed by atoms with van der Waals surface area (Å²) in [5.41, 5.74) is 1.76. The van der Waals surface area contributed by atoms with Crippen molar-refractivity contribution < 1.29 is 9.53 Å². The Bertz CT molecular complexity index is 965. The number of aryl methyl sites for hydroxylation is 1. The molecule has 0 aliphatic carbocycles. The van der Waals surface area contributed by atoms with Crippen LogP contribution < -0.4 is 26.0 Å². The summed E-state index contributed by atoms with van der Waals surface area (Å²) in [4.78, 5) is 24.6. The van der Waals surface area contributed by atoms with Crippen molar-refractivity contribution in [3.63, 3.8) is 0 Å². The first-order valence-electron chi connectivity index (χ1n) is 9.07. The number of methoxy groups -OCH3 is 1. The fraction of sp³-hybridized carbons (Fsp3) is 0.200. The Balaban J connectivity index is 1.43. The van der Waals surface area contributed by atoms with Crippen molar-refractivity contribution >= 4 is 29.2 Å². The third-order valence-corrected chi connectivity index (χ3v) is 3.88. The van der Waals surface area contributed by atoms with Crippen molar-refractivity contribution in [1.82, 2.24) is 20.3 Å². The van der Waals surface area contributed by atoms with Gasteiger partial charge in [0.25, 0.3) is 0 Å². The van der Waals surface area contributed by atoms with E-state index in [0.29, 0.717) is 42.0 Å². The van der Waals surface area contributed by atoms with Crippen molar-refractivity contribution in [3.05, 3.63) is 60.6 Å². The lowest BCUT2D eigenvalue weighted by molar-refractivity contribution is 0.252. The zero-order valence-corrected chi connectivity index (χ0v) is 16.3. The number of benzene rings is 1. The second-order valence-electron chi connectivity index (χ2n) is 6.17. The Hall–Kier alpha value is -3.88. The number of urea groups is 1. The Kier molecular flexibility index (Phi) is 6.77. The second kappa shape index (κ2) is 9.88. The molecule has 2 amide bonds. The van der Waals surface area contributed by atoms with E-state index in [1.54, 1.807) is 31.5 Å².